The van der Waals surface area contributed by atoms with E-state index in [1.54, 1.807) is 7.05 Å². The number of ether oxygens (including phenoxy) is 1. The van der Waals surface area contributed by atoms with Gasteiger partial charge >= 0.3 is 6.03 Å². The summed E-state index contributed by atoms with van der Waals surface area (Å²) in [5, 5.41) is 16.9. The summed E-state index contributed by atoms with van der Waals surface area (Å²) in [6.45, 7) is 4.98. The first-order valence-corrected chi connectivity index (χ1v) is 7.86. The summed E-state index contributed by atoms with van der Waals surface area (Å²) in [5.74, 6) is 0.590. The van der Waals surface area contributed by atoms with E-state index in [0.29, 0.717) is 5.82 Å². The van der Waals surface area contributed by atoms with Crippen LogP contribution in [0.15, 0.2) is 24.3 Å². The highest BCUT2D eigenvalue weighted by atomic mass is 16.5. The molecule has 1 aliphatic heterocycles. The summed E-state index contributed by atoms with van der Waals surface area (Å²) in [6.07, 6.45) is 0. The second kappa shape index (κ2) is 7.26. The molecular formula is C15H21N7O2. The van der Waals surface area contributed by atoms with E-state index < -0.39 is 0 Å². The molecule has 1 saturated heterocycles. The number of aromatic nitrogens is 4. The molecule has 128 valence electrons. The number of hydrogen-bond acceptors (Lipinski definition) is 6. The third-order valence-electron chi connectivity index (χ3n) is 3.87. The number of hydrogen-bond donors (Lipinski definition) is 2. The Hall–Kier alpha value is -2.68. The van der Waals surface area contributed by atoms with Crippen LogP contribution in [0.25, 0.3) is 0 Å². The number of nitrogens with one attached hydrogen (secondary N) is 2. The van der Waals surface area contributed by atoms with Gasteiger partial charge in [-0.3, -0.25) is 0 Å². The highest BCUT2D eigenvalue weighted by molar-refractivity contribution is 5.90. The maximum atomic E-state index is 12.2. The van der Waals surface area contributed by atoms with E-state index in [1.165, 1.54) is 4.68 Å². The van der Waals surface area contributed by atoms with Crippen molar-refractivity contribution in [2.75, 3.05) is 36.5 Å². The van der Waals surface area contributed by atoms with Crippen LogP contribution in [0.1, 0.15) is 18.8 Å². The summed E-state index contributed by atoms with van der Waals surface area (Å²) in [7, 11) is 1.73. The fourth-order valence-corrected chi connectivity index (χ4v) is 2.63. The fraction of sp³-hybridized carbons (Fsp3) is 0.467. The lowest BCUT2D eigenvalue weighted by Gasteiger charge is -2.29. The van der Waals surface area contributed by atoms with Crippen molar-refractivity contribution in [2.45, 2.75) is 13.0 Å². The first kappa shape index (κ1) is 16.2. The molecule has 0 radical (unpaired) electrons. The largest absolute Gasteiger partial charge is 0.378 e. The van der Waals surface area contributed by atoms with Crippen molar-refractivity contribution in [3.05, 3.63) is 30.1 Å². The predicted octanol–water partition coefficient (Wildman–Crippen LogP) is 0.929. The van der Waals surface area contributed by atoms with E-state index in [2.05, 4.69) is 31.1 Å². The molecule has 0 saturated carbocycles. The summed E-state index contributed by atoms with van der Waals surface area (Å²) in [5.41, 5.74) is 1.81. The Morgan fingerprint density at radius 2 is 2.12 bits per heavy atom. The molecular weight excluding hydrogens is 310 g/mol. The number of urea groups is 1. The standard InChI is InChI=1S/C15H21N7O2/c1-11(14-18-19-20-21(14)2)16-15(23)17-12-4-3-5-13(10-12)22-6-8-24-9-7-22/h3-5,10-11H,6-9H2,1-2H3,(H2,16,17,23). The average molecular weight is 331 g/mol. The van der Waals surface area contributed by atoms with Gasteiger partial charge in [-0.05, 0) is 35.5 Å². The van der Waals surface area contributed by atoms with Gasteiger partial charge in [0, 0.05) is 31.5 Å². The van der Waals surface area contributed by atoms with Gasteiger partial charge in [0.1, 0.15) is 0 Å². The lowest BCUT2D eigenvalue weighted by Crippen LogP contribution is -2.36. The Kier molecular flexibility index (Phi) is 4.90. The molecule has 1 aliphatic rings. The van der Waals surface area contributed by atoms with Crippen LogP contribution in [-0.2, 0) is 11.8 Å². The zero-order chi connectivity index (χ0) is 16.9. The van der Waals surface area contributed by atoms with Gasteiger partial charge in [-0.15, -0.1) is 5.10 Å². The maximum Gasteiger partial charge on any atom is 0.319 e. The molecule has 2 amide bonds. The zero-order valence-corrected chi connectivity index (χ0v) is 13.8. The minimum Gasteiger partial charge on any atom is -0.378 e. The van der Waals surface area contributed by atoms with E-state index in [9.17, 15) is 4.79 Å². The van der Waals surface area contributed by atoms with Crippen LogP contribution < -0.4 is 15.5 Å². The zero-order valence-electron chi connectivity index (χ0n) is 13.8. The lowest BCUT2D eigenvalue weighted by atomic mass is 10.2. The quantitative estimate of drug-likeness (QED) is 0.865. The van der Waals surface area contributed by atoms with Crippen LogP contribution in [0.4, 0.5) is 16.2 Å². The highest BCUT2D eigenvalue weighted by Gasteiger charge is 2.16. The van der Waals surface area contributed by atoms with Gasteiger partial charge in [0.2, 0.25) is 0 Å². The molecule has 0 bridgehead atoms. The van der Waals surface area contributed by atoms with Crippen molar-refractivity contribution in [3.63, 3.8) is 0 Å². The normalized spacial score (nSPS) is 15.8. The van der Waals surface area contributed by atoms with Gasteiger partial charge in [0.25, 0.3) is 0 Å². The molecule has 3 rings (SSSR count). The van der Waals surface area contributed by atoms with Gasteiger partial charge in [-0.25, -0.2) is 9.48 Å². The van der Waals surface area contributed by atoms with Crippen molar-refractivity contribution >= 4 is 17.4 Å². The van der Waals surface area contributed by atoms with Gasteiger partial charge in [-0.1, -0.05) is 6.07 Å². The molecule has 0 spiro atoms. The number of carbonyl (C=O) groups excluding carboxylic acids is 1. The van der Waals surface area contributed by atoms with Crippen molar-refractivity contribution in [1.82, 2.24) is 25.5 Å². The van der Waals surface area contributed by atoms with E-state index in [4.69, 9.17) is 4.74 Å². The first-order chi connectivity index (χ1) is 11.6. The average Bonchev–Trinajstić information content (AvgIpc) is 3.02. The number of carbonyl (C=O) groups is 1. The minimum atomic E-state index is -0.301. The highest BCUT2D eigenvalue weighted by Crippen LogP contribution is 2.20. The van der Waals surface area contributed by atoms with E-state index >= 15 is 0 Å². The van der Waals surface area contributed by atoms with Crippen LogP contribution in [0.5, 0.6) is 0 Å². The molecule has 2 aromatic rings. The smallest absolute Gasteiger partial charge is 0.319 e. The summed E-state index contributed by atoms with van der Waals surface area (Å²) < 4.78 is 6.90. The van der Waals surface area contributed by atoms with Crippen molar-refractivity contribution in [2.24, 2.45) is 7.05 Å². The molecule has 1 atom stereocenters. The molecule has 24 heavy (non-hydrogen) atoms. The maximum absolute atomic E-state index is 12.2. The number of rotatable bonds is 4. The Morgan fingerprint density at radius 3 is 2.83 bits per heavy atom. The van der Waals surface area contributed by atoms with Crippen LogP contribution in [0, 0.1) is 0 Å². The number of anilines is 2. The monoisotopic (exact) mass is 331 g/mol. The molecule has 9 nitrogen and oxygen atoms in total. The Balaban J connectivity index is 1.61. The lowest BCUT2D eigenvalue weighted by molar-refractivity contribution is 0.122. The van der Waals surface area contributed by atoms with Crippen LogP contribution in [0.2, 0.25) is 0 Å². The number of morpholine rings is 1. The van der Waals surface area contributed by atoms with Gasteiger partial charge < -0.3 is 20.3 Å². The summed E-state index contributed by atoms with van der Waals surface area (Å²) in [4.78, 5) is 14.4. The van der Waals surface area contributed by atoms with Gasteiger partial charge in [0.05, 0.1) is 19.3 Å². The van der Waals surface area contributed by atoms with E-state index in [0.717, 1.165) is 37.7 Å². The van der Waals surface area contributed by atoms with Crippen LogP contribution >= 0.6 is 0 Å². The molecule has 1 unspecified atom stereocenters. The molecule has 9 heteroatoms. The topological polar surface area (TPSA) is 97.2 Å². The second-order valence-corrected chi connectivity index (χ2v) is 5.63. The van der Waals surface area contributed by atoms with E-state index in [-0.39, 0.29) is 12.1 Å². The molecule has 1 fully saturated rings. The third kappa shape index (κ3) is 3.80. The van der Waals surface area contributed by atoms with Crippen molar-refractivity contribution in [1.29, 1.82) is 0 Å². The fourth-order valence-electron chi connectivity index (χ4n) is 2.63. The second-order valence-electron chi connectivity index (χ2n) is 5.63. The number of amides is 2. The molecule has 1 aromatic carbocycles. The number of benzene rings is 1. The Bertz CT molecular complexity index is 697. The first-order valence-electron chi connectivity index (χ1n) is 7.86. The van der Waals surface area contributed by atoms with Crippen molar-refractivity contribution in [3.8, 4) is 0 Å². The summed E-state index contributed by atoms with van der Waals surface area (Å²) >= 11 is 0. The number of tetrazole rings is 1. The van der Waals surface area contributed by atoms with E-state index in [1.807, 2.05) is 31.2 Å². The van der Waals surface area contributed by atoms with Gasteiger partial charge in [-0.2, -0.15) is 0 Å². The molecule has 0 aliphatic carbocycles. The molecule has 2 N–H and O–H groups in total. The van der Waals surface area contributed by atoms with Crippen LogP contribution in [0.3, 0.4) is 0 Å². The molecule has 2 heterocycles. The van der Waals surface area contributed by atoms with Crippen LogP contribution in [-0.4, -0.2) is 52.5 Å². The predicted molar refractivity (Wildman–Crippen MR) is 88.8 cm³/mol. The molecule has 1 aromatic heterocycles. The Labute approximate surface area is 140 Å². The number of aryl methyl sites for hydroxylation is 1. The SMILES string of the molecule is CC(NC(=O)Nc1cccc(N2CCOCC2)c1)c1nnnn1C. The number of nitrogens with zero attached hydrogens (tertiary/aromatic N) is 5. The minimum absolute atomic E-state index is 0.299. The Morgan fingerprint density at radius 1 is 1.33 bits per heavy atom. The summed E-state index contributed by atoms with van der Waals surface area (Å²) in [6, 6.07) is 7.17. The van der Waals surface area contributed by atoms with Crippen molar-refractivity contribution < 1.29 is 9.53 Å². The van der Waals surface area contributed by atoms with Gasteiger partial charge in [0.15, 0.2) is 5.82 Å². The third-order valence-corrected chi connectivity index (χ3v) is 3.87.